The number of hydrogen-bond acceptors (Lipinski definition) is 4. The molecular formula is C15H18N2O2. The molecule has 1 aromatic carbocycles. The number of phenolic OH excluding ortho intramolecular Hbond substituents is 1. The highest BCUT2D eigenvalue weighted by atomic mass is 16.3. The molecule has 1 aliphatic heterocycles. The van der Waals surface area contributed by atoms with Crippen molar-refractivity contribution in [3.05, 3.63) is 30.5 Å². The molecule has 0 radical (unpaired) electrons. The summed E-state index contributed by atoms with van der Waals surface area (Å²) in [6.45, 7) is 5.23. The number of fused-ring (bicyclic) bond motifs is 1. The van der Waals surface area contributed by atoms with Crippen molar-refractivity contribution in [2.45, 2.75) is 19.4 Å². The van der Waals surface area contributed by atoms with Gasteiger partial charge in [-0.15, -0.1) is 0 Å². The summed E-state index contributed by atoms with van der Waals surface area (Å²) in [5.41, 5.74) is -0.624. The molecule has 0 aliphatic carbocycles. The predicted octanol–water partition coefficient (Wildman–Crippen LogP) is 2.15. The maximum atomic E-state index is 10.3. The summed E-state index contributed by atoms with van der Waals surface area (Å²) in [6.07, 6.45) is 1.77. The quantitative estimate of drug-likeness (QED) is 0.866. The fourth-order valence-electron chi connectivity index (χ4n) is 2.52. The maximum Gasteiger partial charge on any atom is 0.136 e. The number of hydrogen-bond donors (Lipinski definition) is 2. The van der Waals surface area contributed by atoms with Crippen LogP contribution in [0.25, 0.3) is 10.8 Å². The minimum absolute atomic E-state index is 0.229. The Balaban J connectivity index is 1.97. The lowest BCUT2D eigenvalue weighted by molar-refractivity contribution is -0.0302. The molecule has 2 aromatic rings. The van der Waals surface area contributed by atoms with E-state index in [1.54, 1.807) is 18.3 Å². The minimum Gasteiger partial charge on any atom is -0.508 e. The third kappa shape index (κ3) is 1.92. The summed E-state index contributed by atoms with van der Waals surface area (Å²) in [5, 5.41) is 21.9. The monoisotopic (exact) mass is 258 g/mol. The van der Waals surface area contributed by atoms with Gasteiger partial charge in [0.25, 0.3) is 0 Å². The molecule has 4 heteroatoms. The molecule has 0 spiro atoms. The first-order valence-corrected chi connectivity index (χ1v) is 6.55. The lowest BCUT2D eigenvalue weighted by Crippen LogP contribution is -2.65. The second kappa shape index (κ2) is 4.10. The van der Waals surface area contributed by atoms with Crippen LogP contribution in [0.15, 0.2) is 30.5 Å². The number of aliphatic hydroxyl groups is 1. The van der Waals surface area contributed by atoms with Gasteiger partial charge in [0, 0.05) is 11.6 Å². The van der Waals surface area contributed by atoms with Crippen LogP contribution in [0.3, 0.4) is 0 Å². The van der Waals surface area contributed by atoms with E-state index < -0.39 is 5.60 Å². The molecular weight excluding hydrogens is 240 g/mol. The fraction of sp³-hybridized carbons (Fsp3) is 0.400. The number of phenols is 1. The summed E-state index contributed by atoms with van der Waals surface area (Å²) in [6, 6.07) is 7.20. The molecule has 1 aliphatic rings. The van der Waals surface area contributed by atoms with E-state index in [1.807, 2.05) is 26.0 Å². The van der Waals surface area contributed by atoms with E-state index in [9.17, 15) is 10.2 Å². The number of anilines is 1. The highest BCUT2D eigenvalue weighted by Gasteiger charge is 2.44. The normalized spacial score (nSPS) is 17.8. The van der Waals surface area contributed by atoms with Crippen molar-refractivity contribution < 1.29 is 10.2 Å². The fourth-order valence-corrected chi connectivity index (χ4v) is 2.52. The number of benzene rings is 1. The van der Waals surface area contributed by atoms with E-state index in [0.717, 1.165) is 16.6 Å². The molecule has 1 fully saturated rings. The Morgan fingerprint density at radius 1 is 1.26 bits per heavy atom. The van der Waals surface area contributed by atoms with E-state index >= 15 is 0 Å². The highest BCUT2D eigenvalue weighted by molar-refractivity contribution is 5.93. The van der Waals surface area contributed by atoms with Crippen LogP contribution in [-0.2, 0) is 0 Å². The van der Waals surface area contributed by atoms with Crippen molar-refractivity contribution in [3.8, 4) is 5.75 Å². The van der Waals surface area contributed by atoms with E-state index in [4.69, 9.17) is 0 Å². The van der Waals surface area contributed by atoms with Gasteiger partial charge in [-0.25, -0.2) is 4.98 Å². The van der Waals surface area contributed by atoms with Crippen LogP contribution in [0, 0.1) is 5.92 Å². The molecule has 100 valence electrons. The van der Waals surface area contributed by atoms with Gasteiger partial charge in [0.1, 0.15) is 17.2 Å². The van der Waals surface area contributed by atoms with Crippen molar-refractivity contribution in [1.29, 1.82) is 0 Å². The largest absolute Gasteiger partial charge is 0.508 e. The molecule has 0 unspecified atom stereocenters. The summed E-state index contributed by atoms with van der Waals surface area (Å²) >= 11 is 0. The second-order valence-corrected chi connectivity index (χ2v) is 5.65. The average molecular weight is 258 g/mol. The van der Waals surface area contributed by atoms with Crippen molar-refractivity contribution in [2.24, 2.45) is 5.92 Å². The first-order valence-electron chi connectivity index (χ1n) is 6.55. The van der Waals surface area contributed by atoms with Crippen molar-refractivity contribution >= 4 is 16.6 Å². The molecule has 19 heavy (non-hydrogen) atoms. The Morgan fingerprint density at radius 3 is 2.68 bits per heavy atom. The number of aromatic nitrogens is 1. The van der Waals surface area contributed by atoms with Gasteiger partial charge in [-0.1, -0.05) is 19.9 Å². The zero-order valence-corrected chi connectivity index (χ0v) is 11.2. The Morgan fingerprint density at radius 2 is 2.00 bits per heavy atom. The number of nitrogens with zero attached hydrogens (tertiary/aromatic N) is 2. The Labute approximate surface area is 112 Å². The van der Waals surface area contributed by atoms with Gasteiger partial charge in [0.2, 0.25) is 0 Å². The summed E-state index contributed by atoms with van der Waals surface area (Å²) in [4.78, 5) is 6.46. The minimum atomic E-state index is -0.624. The van der Waals surface area contributed by atoms with Crippen molar-refractivity contribution in [1.82, 2.24) is 4.98 Å². The van der Waals surface area contributed by atoms with Crippen LogP contribution in [0.1, 0.15) is 13.8 Å². The molecule has 1 saturated heterocycles. The SMILES string of the molecule is CC(C)C1(O)CN(c2nccc3ccc(O)cc23)C1. The molecule has 4 nitrogen and oxygen atoms in total. The number of rotatable bonds is 2. The molecule has 1 aromatic heterocycles. The van der Waals surface area contributed by atoms with Crippen LogP contribution in [0.4, 0.5) is 5.82 Å². The summed E-state index contributed by atoms with van der Waals surface area (Å²) < 4.78 is 0. The van der Waals surface area contributed by atoms with Gasteiger partial charge in [-0.3, -0.25) is 0 Å². The topological polar surface area (TPSA) is 56.6 Å². The smallest absolute Gasteiger partial charge is 0.136 e. The number of pyridine rings is 1. The van der Waals surface area contributed by atoms with E-state index in [1.165, 1.54) is 0 Å². The molecule has 0 bridgehead atoms. The van der Waals surface area contributed by atoms with Crippen LogP contribution in [-0.4, -0.2) is 33.9 Å². The van der Waals surface area contributed by atoms with Crippen LogP contribution < -0.4 is 4.90 Å². The Bertz CT molecular complexity index is 619. The Hall–Kier alpha value is -1.81. The number of β-amino-alcohol motifs (C(OH)–C–C–N with tert-alkyl or cyclic N) is 1. The van der Waals surface area contributed by atoms with Crippen LogP contribution >= 0.6 is 0 Å². The molecule has 0 amide bonds. The van der Waals surface area contributed by atoms with Gasteiger partial charge in [0.15, 0.2) is 0 Å². The lowest BCUT2D eigenvalue weighted by Gasteiger charge is -2.49. The first kappa shape index (κ1) is 12.2. The van der Waals surface area contributed by atoms with Crippen LogP contribution in [0.2, 0.25) is 0 Å². The summed E-state index contributed by atoms with van der Waals surface area (Å²) in [5.74, 6) is 1.30. The van der Waals surface area contributed by atoms with Gasteiger partial charge in [-0.2, -0.15) is 0 Å². The van der Waals surface area contributed by atoms with E-state index in [-0.39, 0.29) is 11.7 Å². The third-order valence-corrected chi connectivity index (χ3v) is 4.03. The van der Waals surface area contributed by atoms with Gasteiger partial charge < -0.3 is 15.1 Å². The van der Waals surface area contributed by atoms with E-state index in [0.29, 0.717) is 13.1 Å². The molecule has 3 rings (SSSR count). The van der Waals surface area contributed by atoms with Gasteiger partial charge >= 0.3 is 0 Å². The van der Waals surface area contributed by atoms with Gasteiger partial charge in [0.05, 0.1) is 13.1 Å². The van der Waals surface area contributed by atoms with E-state index in [2.05, 4.69) is 9.88 Å². The molecule has 0 saturated carbocycles. The molecule has 2 N–H and O–H groups in total. The highest BCUT2D eigenvalue weighted by Crippen LogP contribution is 2.36. The average Bonchev–Trinajstić information content (AvgIpc) is 2.34. The molecule has 2 heterocycles. The van der Waals surface area contributed by atoms with Crippen molar-refractivity contribution in [2.75, 3.05) is 18.0 Å². The van der Waals surface area contributed by atoms with Gasteiger partial charge in [-0.05, 0) is 29.5 Å². The maximum absolute atomic E-state index is 10.3. The lowest BCUT2D eigenvalue weighted by atomic mass is 9.83. The molecule has 0 atom stereocenters. The first-order chi connectivity index (χ1) is 8.99. The zero-order chi connectivity index (χ0) is 13.6. The third-order valence-electron chi connectivity index (χ3n) is 4.03. The summed E-state index contributed by atoms with van der Waals surface area (Å²) in [7, 11) is 0. The van der Waals surface area contributed by atoms with Crippen molar-refractivity contribution in [3.63, 3.8) is 0 Å². The Kier molecular flexibility index (Phi) is 2.64. The standard InChI is InChI=1S/C15H18N2O2/c1-10(2)15(19)8-17(9-15)14-13-7-12(18)4-3-11(13)5-6-16-14/h3-7,10,18-19H,8-9H2,1-2H3. The second-order valence-electron chi connectivity index (χ2n) is 5.65. The van der Waals surface area contributed by atoms with Crippen LogP contribution in [0.5, 0.6) is 5.75 Å². The number of aromatic hydroxyl groups is 1. The zero-order valence-electron chi connectivity index (χ0n) is 11.2. The predicted molar refractivity (Wildman–Crippen MR) is 75.4 cm³/mol.